The van der Waals surface area contributed by atoms with E-state index in [-0.39, 0.29) is 10.8 Å². The largest absolute Gasteiger partial charge is 0.335 e. The van der Waals surface area contributed by atoms with Gasteiger partial charge in [-0.3, -0.25) is 4.79 Å². The molecule has 0 bridgehead atoms. The smallest absolute Gasteiger partial charge is 0.259 e. The number of rotatable bonds is 4. The minimum atomic E-state index is -0.154. The van der Waals surface area contributed by atoms with E-state index in [1.807, 2.05) is 45.0 Å². The molecule has 0 saturated heterocycles. The first kappa shape index (κ1) is 19.2. The molecule has 3 heterocycles. The Morgan fingerprint density at radius 3 is 2.79 bits per heavy atom. The fraction of sp³-hybridized carbons (Fsp3) is 0.222. The number of aryl methyl sites for hydroxylation is 2. The molecule has 0 radical (unpaired) electrons. The van der Waals surface area contributed by atoms with Gasteiger partial charge in [0, 0.05) is 14.9 Å². The van der Waals surface area contributed by atoms with Crippen molar-refractivity contribution in [3.8, 4) is 11.4 Å². The minimum absolute atomic E-state index is 0.113. The highest BCUT2D eigenvalue weighted by molar-refractivity contribution is 9.10. The summed E-state index contributed by atoms with van der Waals surface area (Å²) < 4.78 is 2.34. The van der Waals surface area contributed by atoms with Crippen LogP contribution in [0.1, 0.15) is 28.4 Å². The van der Waals surface area contributed by atoms with E-state index in [1.54, 1.807) is 0 Å². The third-order valence-electron chi connectivity index (χ3n) is 4.50. The van der Waals surface area contributed by atoms with Crippen molar-refractivity contribution >= 4 is 49.2 Å². The predicted octanol–water partition coefficient (Wildman–Crippen LogP) is 4.19. The van der Waals surface area contributed by atoms with Crippen LogP contribution in [-0.2, 0) is 0 Å². The maximum Gasteiger partial charge on any atom is 0.259 e. The molecule has 0 saturated carbocycles. The number of H-pyrrole nitrogens is 1. The summed E-state index contributed by atoms with van der Waals surface area (Å²) in [5, 5.41) is 9.49. The summed E-state index contributed by atoms with van der Waals surface area (Å²) in [4.78, 5) is 21.9. The summed E-state index contributed by atoms with van der Waals surface area (Å²) in [7, 11) is 0. The van der Waals surface area contributed by atoms with Crippen molar-refractivity contribution < 1.29 is 0 Å². The predicted molar refractivity (Wildman–Crippen MR) is 117 cm³/mol. The third kappa shape index (κ3) is 3.25. The fourth-order valence-electron chi connectivity index (χ4n) is 2.86. The van der Waals surface area contributed by atoms with E-state index < -0.39 is 0 Å². The zero-order valence-electron chi connectivity index (χ0n) is 15.4. The molecule has 28 heavy (non-hydrogen) atoms. The maximum atomic E-state index is 12.5. The summed E-state index contributed by atoms with van der Waals surface area (Å²) in [6, 6.07) is 7.69. The Labute approximate surface area is 177 Å². The number of nitrogens with two attached hydrogens (primary N) is 1. The third-order valence-corrected chi connectivity index (χ3v) is 7.36. The fourth-order valence-corrected chi connectivity index (χ4v) is 5.19. The van der Waals surface area contributed by atoms with E-state index in [4.69, 9.17) is 5.84 Å². The van der Waals surface area contributed by atoms with Crippen LogP contribution < -0.4 is 11.4 Å². The molecule has 3 N–H and O–H groups in total. The van der Waals surface area contributed by atoms with Crippen LogP contribution in [0.3, 0.4) is 0 Å². The number of hydrogen-bond donors (Lipinski definition) is 2. The van der Waals surface area contributed by atoms with Gasteiger partial charge in [-0.1, -0.05) is 39.8 Å². The van der Waals surface area contributed by atoms with Gasteiger partial charge in [-0.05, 0) is 38.5 Å². The number of benzene rings is 1. The molecule has 144 valence electrons. The molecule has 1 atom stereocenters. The Balaban J connectivity index is 1.66. The molecule has 0 amide bonds. The Hall–Kier alpha value is -2.17. The monoisotopic (exact) mass is 476 g/mol. The minimum Gasteiger partial charge on any atom is -0.335 e. The topological polar surface area (TPSA) is 102 Å². The number of nitrogens with one attached hydrogen (secondary N) is 1. The van der Waals surface area contributed by atoms with E-state index in [9.17, 15) is 4.79 Å². The van der Waals surface area contributed by atoms with Crippen molar-refractivity contribution in [2.75, 3.05) is 5.84 Å². The van der Waals surface area contributed by atoms with Crippen molar-refractivity contribution in [2.45, 2.75) is 31.2 Å². The number of thioether (sulfide) groups is 1. The quantitative estimate of drug-likeness (QED) is 0.338. The van der Waals surface area contributed by atoms with Crippen molar-refractivity contribution in [3.05, 3.63) is 55.4 Å². The van der Waals surface area contributed by atoms with Gasteiger partial charge >= 0.3 is 0 Å². The highest BCUT2D eigenvalue weighted by atomic mass is 79.9. The first-order chi connectivity index (χ1) is 13.4. The second-order valence-corrected chi connectivity index (χ2v) is 9.70. The Morgan fingerprint density at radius 2 is 2.04 bits per heavy atom. The molecule has 3 aromatic heterocycles. The van der Waals surface area contributed by atoms with Crippen LogP contribution in [0.5, 0.6) is 0 Å². The molecular formula is C18H17BrN6OS2. The van der Waals surface area contributed by atoms with E-state index in [1.165, 1.54) is 27.8 Å². The maximum absolute atomic E-state index is 12.5. The van der Waals surface area contributed by atoms with Gasteiger partial charge in [0.1, 0.15) is 10.7 Å². The molecule has 0 aliphatic carbocycles. The average Bonchev–Trinajstić information content (AvgIpc) is 3.15. The van der Waals surface area contributed by atoms with Gasteiger partial charge in [-0.25, -0.2) is 9.66 Å². The Morgan fingerprint density at radius 1 is 1.29 bits per heavy atom. The summed E-state index contributed by atoms with van der Waals surface area (Å²) in [5.41, 5.74) is 1.73. The van der Waals surface area contributed by atoms with Gasteiger partial charge in [0.15, 0.2) is 5.82 Å². The van der Waals surface area contributed by atoms with E-state index in [0.29, 0.717) is 22.2 Å². The highest BCUT2D eigenvalue weighted by Crippen LogP contribution is 2.35. The molecule has 4 rings (SSSR count). The number of nitrogen functional groups attached to an aromatic ring is 1. The molecule has 4 aromatic rings. The van der Waals surface area contributed by atoms with Crippen LogP contribution in [0.4, 0.5) is 0 Å². The number of aromatic amines is 1. The Kier molecular flexibility index (Phi) is 5.02. The Bertz CT molecular complexity index is 1240. The first-order valence-electron chi connectivity index (χ1n) is 8.48. The van der Waals surface area contributed by atoms with Gasteiger partial charge in [-0.15, -0.1) is 21.5 Å². The summed E-state index contributed by atoms with van der Waals surface area (Å²) in [6.07, 6.45) is 0. The lowest BCUT2D eigenvalue weighted by molar-refractivity contribution is 0.835. The zero-order valence-corrected chi connectivity index (χ0v) is 18.6. The second kappa shape index (κ2) is 7.34. The zero-order chi connectivity index (χ0) is 20.0. The van der Waals surface area contributed by atoms with Crippen LogP contribution in [0.2, 0.25) is 0 Å². The van der Waals surface area contributed by atoms with Gasteiger partial charge in [0.05, 0.1) is 10.6 Å². The van der Waals surface area contributed by atoms with Crippen LogP contribution in [0, 0.1) is 13.8 Å². The number of fused-ring (bicyclic) bond motifs is 1. The van der Waals surface area contributed by atoms with Crippen LogP contribution in [-0.4, -0.2) is 24.8 Å². The van der Waals surface area contributed by atoms with Gasteiger partial charge < -0.3 is 10.8 Å². The van der Waals surface area contributed by atoms with Crippen LogP contribution in [0.25, 0.3) is 21.6 Å². The van der Waals surface area contributed by atoms with Crippen molar-refractivity contribution in [1.82, 2.24) is 24.8 Å². The molecule has 0 spiro atoms. The van der Waals surface area contributed by atoms with Crippen LogP contribution >= 0.6 is 39.0 Å². The first-order valence-corrected chi connectivity index (χ1v) is 11.0. The van der Waals surface area contributed by atoms with Gasteiger partial charge in [-0.2, -0.15) is 0 Å². The van der Waals surface area contributed by atoms with Crippen molar-refractivity contribution in [3.63, 3.8) is 0 Å². The summed E-state index contributed by atoms with van der Waals surface area (Å²) in [6.45, 7) is 5.90. The van der Waals surface area contributed by atoms with E-state index in [0.717, 1.165) is 25.3 Å². The molecule has 1 aromatic carbocycles. The van der Waals surface area contributed by atoms with Crippen LogP contribution in [0.15, 0.2) is 38.7 Å². The second-order valence-electron chi connectivity index (χ2n) is 6.33. The molecule has 0 aliphatic heterocycles. The molecule has 10 heteroatoms. The average molecular weight is 477 g/mol. The SMILES string of the molecule is Cc1sc2nc(C(C)Sc3nnc(-c4ccccc4Br)n3N)[nH]c(=O)c2c1C. The molecule has 0 fully saturated rings. The lowest BCUT2D eigenvalue weighted by Crippen LogP contribution is -2.14. The van der Waals surface area contributed by atoms with Crippen molar-refractivity contribution in [1.29, 1.82) is 0 Å². The molecule has 7 nitrogen and oxygen atoms in total. The molecular weight excluding hydrogens is 460 g/mol. The lowest BCUT2D eigenvalue weighted by Gasteiger charge is -2.10. The molecule has 1 unspecified atom stereocenters. The van der Waals surface area contributed by atoms with E-state index in [2.05, 4.69) is 36.1 Å². The van der Waals surface area contributed by atoms with Gasteiger partial charge in [0.25, 0.3) is 5.56 Å². The molecule has 0 aliphatic rings. The number of thiophene rings is 1. The van der Waals surface area contributed by atoms with Gasteiger partial charge in [0.2, 0.25) is 5.16 Å². The number of hydrogen-bond acceptors (Lipinski definition) is 7. The lowest BCUT2D eigenvalue weighted by atomic mass is 10.2. The highest BCUT2D eigenvalue weighted by Gasteiger charge is 2.20. The standard InChI is InChI=1S/C18H17BrN6OS2/c1-8-9(2)27-17-13(8)16(26)21-14(22-17)10(3)28-18-24-23-15(25(18)20)11-6-4-5-7-12(11)19/h4-7,10H,20H2,1-3H3,(H,21,22,26). The number of aromatic nitrogens is 5. The normalized spacial score (nSPS) is 12.6. The van der Waals surface area contributed by atoms with E-state index >= 15 is 0 Å². The number of halogens is 1. The number of nitrogens with zero attached hydrogens (tertiary/aromatic N) is 4. The summed E-state index contributed by atoms with van der Waals surface area (Å²) in [5.74, 6) is 7.38. The summed E-state index contributed by atoms with van der Waals surface area (Å²) >= 11 is 6.44. The van der Waals surface area contributed by atoms with Crippen molar-refractivity contribution in [2.24, 2.45) is 0 Å².